The Balaban J connectivity index is 2.58. The molecule has 0 fully saturated rings. The molecule has 0 radical (unpaired) electrons. The molecule has 0 aliphatic heterocycles. The van der Waals surface area contributed by atoms with Crippen molar-refractivity contribution in [1.29, 1.82) is 0 Å². The number of rotatable bonds is 8. The highest BCUT2D eigenvalue weighted by molar-refractivity contribution is 5.93. The van der Waals surface area contributed by atoms with E-state index in [0.29, 0.717) is 18.8 Å². The molecule has 2 N–H and O–H groups in total. The van der Waals surface area contributed by atoms with E-state index in [1.165, 1.54) is 11.7 Å². The topological polar surface area (TPSA) is 89.8 Å². The third-order valence-electron chi connectivity index (χ3n) is 2.54. The van der Waals surface area contributed by atoms with E-state index in [0.717, 1.165) is 0 Å². The number of hydrogen-bond donors (Lipinski definition) is 2. The average molecular weight is 270 g/mol. The minimum absolute atomic E-state index is 0.239. The maximum atomic E-state index is 11.9. The van der Waals surface area contributed by atoms with Crippen molar-refractivity contribution in [1.82, 2.24) is 9.88 Å². The standard InChI is InChI=1S/C12H18N2O5/c1-18-8-9(19-2)6-13-12(17)10-4-3-5-14(10)7-11(15)16/h3-5,9H,6-8H2,1-2H3,(H,13,17)(H,15,16). The van der Waals surface area contributed by atoms with Crippen LogP contribution in [0.25, 0.3) is 0 Å². The van der Waals surface area contributed by atoms with Gasteiger partial charge in [0.2, 0.25) is 0 Å². The molecule has 1 amide bonds. The van der Waals surface area contributed by atoms with E-state index >= 15 is 0 Å². The van der Waals surface area contributed by atoms with Gasteiger partial charge in [0.1, 0.15) is 12.2 Å². The SMILES string of the molecule is COCC(CNC(=O)c1cccn1CC(=O)O)OC. The van der Waals surface area contributed by atoms with Gasteiger partial charge in [-0.05, 0) is 12.1 Å². The summed E-state index contributed by atoms with van der Waals surface area (Å²) in [5.74, 6) is -1.34. The van der Waals surface area contributed by atoms with Gasteiger partial charge in [-0.15, -0.1) is 0 Å². The van der Waals surface area contributed by atoms with Crippen molar-refractivity contribution < 1.29 is 24.2 Å². The number of aliphatic carboxylic acids is 1. The highest BCUT2D eigenvalue weighted by atomic mass is 16.5. The van der Waals surface area contributed by atoms with Crippen molar-refractivity contribution in [3.05, 3.63) is 24.0 Å². The van der Waals surface area contributed by atoms with Crippen molar-refractivity contribution in [2.24, 2.45) is 0 Å². The molecule has 1 aromatic heterocycles. The fourth-order valence-electron chi connectivity index (χ4n) is 1.60. The van der Waals surface area contributed by atoms with Gasteiger partial charge in [0.25, 0.3) is 5.91 Å². The zero-order valence-corrected chi connectivity index (χ0v) is 11.0. The summed E-state index contributed by atoms with van der Waals surface area (Å²) in [4.78, 5) is 22.6. The van der Waals surface area contributed by atoms with E-state index in [1.54, 1.807) is 25.4 Å². The minimum Gasteiger partial charge on any atom is -0.480 e. The van der Waals surface area contributed by atoms with Crippen molar-refractivity contribution in [2.75, 3.05) is 27.4 Å². The van der Waals surface area contributed by atoms with Crippen LogP contribution in [-0.4, -0.2) is 55.0 Å². The second-order valence-corrected chi connectivity index (χ2v) is 3.94. The molecule has 1 rings (SSSR count). The van der Waals surface area contributed by atoms with Gasteiger partial charge in [0.05, 0.1) is 12.7 Å². The number of hydrogen-bond acceptors (Lipinski definition) is 4. The molecule has 7 nitrogen and oxygen atoms in total. The Morgan fingerprint density at radius 3 is 2.79 bits per heavy atom. The van der Waals surface area contributed by atoms with Gasteiger partial charge in [-0.25, -0.2) is 0 Å². The number of carbonyl (C=O) groups excluding carboxylic acids is 1. The molecular formula is C12H18N2O5. The van der Waals surface area contributed by atoms with Crippen LogP contribution in [0.5, 0.6) is 0 Å². The summed E-state index contributed by atoms with van der Waals surface area (Å²) in [6.07, 6.45) is 1.31. The smallest absolute Gasteiger partial charge is 0.323 e. The Kier molecular flexibility index (Phi) is 6.04. The van der Waals surface area contributed by atoms with Gasteiger partial charge in [0, 0.05) is 27.0 Å². The molecule has 0 saturated carbocycles. The van der Waals surface area contributed by atoms with Crippen LogP contribution in [0.1, 0.15) is 10.5 Å². The number of nitrogens with zero attached hydrogens (tertiary/aromatic N) is 1. The van der Waals surface area contributed by atoms with Gasteiger partial charge < -0.3 is 24.5 Å². The van der Waals surface area contributed by atoms with Gasteiger partial charge in [-0.2, -0.15) is 0 Å². The number of carboxylic acids is 1. The molecule has 19 heavy (non-hydrogen) atoms. The van der Waals surface area contributed by atoms with Crippen molar-refractivity contribution in [3.63, 3.8) is 0 Å². The molecule has 0 aliphatic rings. The molecule has 1 atom stereocenters. The Bertz CT molecular complexity index is 430. The largest absolute Gasteiger partial charge is 0.480 e. The first-order chi connectivity index (χ1) is 9.08. The zero-order chi connectivity index (χ0) is 14.3. The average Bonchev–Trinajstić information content (AvgIpc) is 2.81. The van der Waals surface area contributed by atoms with Crippen LogP contribution in [0.3, 0.4) is 0 Å². The number of nitrogens with one attached hydrogen (secondary N) is 1. The number of aromatic nitrogens is 1. The van der Waals surface area contributed by atoms with E-state index in [-0.39, 0.29) is 18.6 Å². The molecule has 0 saturated heterocycles. The number of carbonyl (C=O) groups is 2. The molecule has 0 spiro atoms. The molecule has 0 aliphatic carbocycles. The first-order valence-corrected chi connectivity index (χ1v) is 5.75. The molecule has 7 heteroatoms. The highest BCUT2D eigenvalue weighted by Crippen LogP contribution is 2.02. The first kappa shape index (κ1) is 15.2. The summed E-state index contributed by atoms with van der Waals surface area (Å²) in [5, 5.41) is 11.4. The third kappa shape index (κ3) is 4.72. The number of carboxylic acid groups (broad SMARTS) is 1. The van der Waals surface area contributed by atoms with Crippen LogP contribution in [0, 0.1) is 0 Å². The predicted molar refractivity (Wildman–Crippen MR) is 67.1 cm³/mol. The van der Waals surface area contributed by atoms with Gasteiger partial charge in [-0.3, -0.25) is 9.59 Å². The van der Waals surface area contributed by atoms with E-state index in [4.69, 9.17) is 14.6 Å². The maximum Gasteiger partial charge on any atom is 0.323 e. The molecule has 1 aromatic rings. The Labute approximate surface area is 111 Å². The quantitative estimate of drug-likeness (QED) is 0.692. The van der Waals surface area contributed by atoms with Crippen LogP contribution in [0.4, 0.5) is 0 Å². The maximum absolute atomic E-state index is 11.9. The van der Waals surface area contributed by atoms with Crippen molar-refractivity contribution >= 4 is 11.9 Å². The predicted octanol–water partition coefficient (Wildman–Crippen LogP) is -0.0361. The molecule has 0 bridgehead atoms. The lowest BCUT2D eigenvalue weighted by molar-refractivity contribution is -0.137. The van der Waals surface area contributed by atoms with Gasteiger partial charge >= 0.3 is 5.97 Å². The molecular weight excluding hydrogens is 252 g/mol. The summed E-state index contributed by atoms with van der Waals surface area (Å²) >= 11 is 0. The Morgan fingerprint density at radius 2 is 2.21 bits per heavy atom. The molecule has 1 heterocycles. The Morgan fingerprint density at radius 1 is 1.47 bits per heavy atom. The van der Waals surface area contributed by atoms with Crippen molar-refractivity contribution in [2.45, 2.75) is 12.6 Å². The second kappa shape index (κ2) is 7.55. The van der Waals surface area contributed by atoms with E-state index in [1.807, 2.05) is 0 Å². The molecule has 106 valence electrons. The van der Waals surface area contributed by atoms with Crippen LogP contribution >= 0.6 is 0 Å². The van der Waals surface area contributed by atoms with Crippen molar-refractivity contribution in [3.8, 4) is 0 Å². The number of amides is 1. The summed E-state index contributed by atoms with van der Waals surface area (Å²) < 4.78 is 11.4. The fourth-order valence-corrected chi connectivity index (χ4v) is 1.60. The van der Waals surface area contributed by atoms with Crippen LogP contribution in [-0.2, 0) is 20.8 Å². The first-order valence-electron chi connectivity index (χ1n) is 5.75. The summed E-state index contributed by atoms with van der Waals surface area (Å²) in [6.45, 7) is 0.413. The minimum atomic E-state index is -1.00. The number of methoxy groups -OCH3 is 2. The van der Waals surface area contributed by atoms with E-state index in [9.17, 15) is 9.59 Å². The van der Waals surface area contributed by atoms with Gasteiger partial charge in [0.15, 0.2) is 0 Å². The summed E-state index contributed by atoms with van der Waals surface area (Å²) in [7, 11) is 3.08. The lowest BCUT2D eigenvalue weighted by atomic mass is 10.3. The summed E-state index contributed by atoms with van der Waals surface area (Å²) in [6, 6.07) is 3.19. The van der Waals surface area contributed by atoms with E-state index < -0.39 is 5.97 Å². The van der Waals surface area contributed by atoms with Gasteiger partial charge in [-0.1, -0.05) is 0 Å². The highest BCUT2D eigenvalue weighted by Gasteiger charge is 2.14. The van der Waals surface area contributed by atoms with Crippen LogP contribution < -0.4 is 5.32 Å². The molecule has 1 unspecified atom stereocenters. The monoisotopic (exact) mass is 270 g/mol. The lowest BCUT2D eigenvalue weighted by Gasteiger charge is -2.15. The normalized spacial score (nSPS) is 12.1. The fraction of sp³-hybridized carbons (Fsp3) is 0.500. The number of ether oxygens (including phenoxy) is 2. The lowest BCUT2D eigenvalue weighted by Crippen LogP contribution is -2.36. The third-order valence-corrected chi connectivity index (χ3v) is 2.54. The second-order valence-electron chi connectivity index (χ2n) is 3.94. The van der Waals surface area contributed by atoms with Crippen LogP contribution in [0.2, 0.25) is 0 Å². The zero-order valence-electron chi connectivity index (χ0n) is 11.0. The Hall–Kier alpha value is -1.86. The van der Waals surface area contributed by atoms with E-state index in [2.05, 4.69) is 5.32 Å². The summed E-state index contributed by atoms with van der Waals surface area (Å²) in [5.41, 5.74) is 0.301. The van der Waals surface area contributed by atoms with Crippen LogP contribution in [0.15, 0.2) is 18.3 Å². The molecule has 0 aromatic carbocycles.